The largest absolute Gasteiger partial charge is 0.573 e. The molecule has 118 valence electrons. The zero-order valence-corrected chi connectivity index (χ0v) is 10.6. The van der Waals surface area contributed by atoms with Crippen LogP contribution in [0.2, 0.25) is 0 Å². The third-order valence-corrected chi connectivity index (χ3v) is 2.43. The number of carbonyl (C=O) groups is 1. The summed E-state index contributed by atoms with van der Waals surface area (Å²) in [7, 11) is 0. The van der Waals surface area contributed by atoms with Gasteiger partial charge in [0, 0.05) is 17.3 Å². The molecule has 1 heterocycles. The van der Waals surface area contributed by atoms with E-state index in [0.29, 0.717) is 6.20 Å². The second-order valence-electron chi connectivity index (χ2n) is 3.69. The number of aliphatic carboxylic acids is 1. The molecule has 11 heteroatoms. The van der Waals surface area contributed by atoms with Crippen LogP contribution in [0.15, 0.2) is 6.20 Å². The highest BCUT2D eigenvalue weighted by atomic mass is 35.5. The highest BCUT2D eigenvalue weighted by molar-refractivity contribution is 6.17. The minimum Gasteiger partial charge on any atom is -0.481 e. The molecule has 4 nitrogen and oxygen atoms in total. The number of carboxylic acids is 1. The molecule has 1 rings (SSSR count). The number of aromatic nitrogens is 1. The third-order valence-electron chi connectivity index (χ3n) is 2.16. The van der Waals surface area contributed by atoms with Crippen molar-refractivity contribution in [2.75, 3.05) is 0 Å². The van der Waals surface area contributed by atoms with Crippen LogP contribution in [0.3, 0.4) is 0 Å². The van der Waals surface area contributed by atoms with E-state index in [9.17, 15) is 31.1 Å². The molecule has 0 aromatic carbocycles. The van der Waals surface area contributed by atoms with Gasteiger partial charge in [0.05, 0.1) is 12.3 Å². The first kappa shape index (κ1) is 17.3. The van der Waals surface area contributed by atoms with Gasteiger partial charge < -0.3 is 9.84 Å². The predicted octanol–water partition coefficient (Wildman–Crippen LogP) is 3.36. The van der Waals surface area contributed by atoms with E-state index >= 15 is 0 Å². The molecule has 0 saturated carbocycles. The molecular weight excluding hydrogens is 332 g/mol. The van der Waals surface area contributed by atoms with Crippen molar-refractivity contribution < 1.29 is 41.0 Å². The van der Waals surface area contributed by atoms with Gasteiger partial charge >= 0.3 is 18.5 Å². The van der Waals surface area contributed by atoms with Crippen LogP contribution in [0.25, 0.3) is 0 Å². The lowest BCUT2D eigenvalue weighted by Crippen LogP contribution is -2.22. The van der Waals surface area contributed by atoms with Gasteiger partial charge in [-0.05, 0) is 0 Å². The molecular formula is C10H6ClF6NO3. The normalized spacial score (nSPS) is 12.3. The van der Waals surface area contributed by atoms with Crippen molar-refractivity contribution in [3.8, 4) is 5.75 Å². The lowest BCUT2D eigenvalue weighted by molar-refractivity contribution is -0.275. The van der Waals surface area contributed by atoms with Crippen molar-refractivity contribution in [3.63, 3.8) is 0 Å². The summed E-state index contributed by atoms with van der Waals surface area (Å²) < 4.78 is 78.4. The van der Waals surface area contributed by atoms with Crippen LogP contribution >= 0.6 is 11.6 Å². The van der Waals surface area contributed by atoms with E-state index in [1.54, 1.807) is 0 Å². The number of rotatable bonds is 4. The highest BCUT2D eigenvalue weighted by Gasteiger charge is 2.40. The van der Waals surface area contributed by atoms with Crippen molar-refractivity contribution in [2.45, 2.75) is 24.8 Å². The summed E-state index contributed by atoms with van der Waals surface area (Å²) in [5.41, 5.74) is -3.39. The maximum absolute atomic E-state index is 12.7. The number of hydrogen-bond donors (Lipinski definition) is 1. The fraction of sp³-hybridized carbons (Fsp3) is 0.400. The molecule has 0 bridgehead atoms. The fourth-order valence-corrected chi connectivity index (χ4v) is 1.73. The van der Waals surface area contributed by atoms with Gasteiger partial charge in [0.15, 0.2) is 5.69 Å². The predicted molar refractivity (Wildman–Crippen MR) is 56.8 cm³/mol. The first-order valence-electron chi connectivity index (χ1n) is 5.07. The Kier molecular flexibility index (Phi) is 4.92. The molecule has 0 aliphatic rings. The van der Waals surface area contributed by atoms with E-state index in [1.807, 2.05) is 0 Å². The highest BCUT2D eigenvalue weighted by Crippen LogP contribution is 2.39. The van der Waals surface area contributed by atoms with Gasteiger partial charge in [-0.3, -0.25) is 9.78 Å². The Balaban J connectivity index is 3.52. The van der Waals surface area contributed by atoms with Gasteiger partial charge in [-0.1, -0.05) is 0 Å². The third kappa shape index (κ3) is 4.66. The molecule has 0 aliphatic carbocycles. The minimum absolute atomic E-state index is 0.369. The smallest absolute Gasteiger partial charge is 0.481 e. The zero-order chi connectivity index (χ0) is 16.4. The Hall–Kier alpha value is -1.71. The molecule has 0 atom stereocenters. The van der Waals surface area contributed by atoms with Crippen molar-refractivity contribution >= 4 is 17.6 Å². The molecule has 0 aliphatic heterocycles. The molecule has 0 fully saturated rings. The van der Waals surface area contributed by atoms with Crippen LogP contribution in [0.5, 0.6) is 5.75 Å². The van der Waals surface area contributed by atoms with Crippen molar-refractivity contribution in [3.05, 3.63) is 23.0 Å². The molecule has 1 aromatic rings. The van der Waals surface area contributed by atoms with Gasteiger partial charge in [0.1, 0.15) is 5.75 Å². The van der Waals surface area contributed by atoms with Crippen LogP contribution in [0, 0.1) is 0 Å². The second-order valence-corrected chi connectivity index (χ2v) is 3.96. The Labute approximate surface area is 118 Å². The van der Waals surface area contributed by atoms with Crippen molar-refractivity contribution in [1.29, 1.82) is 0 Å². The number of halogens is 7. The average Bonchev–Trinajstić information content (AvgIpc) is 2.26. The zero-order valence-electron chi connectivity index (χ0n) is 9.85. The molecule has 0 saturated heterocycles. The molecule has 0 spiro atoms. The summed E-state index contributed by atoms with van der Waals surface area (Å²) in [6.45, 7) is 0. The van der Waals surface area contributed by atoms with Gasteiger partial charge in [0.2, 0.25) is 0 Å². The van der Waals surface area contributed by atoms with Crippen LogP contribution in [0.4, 0.5) is 26.3 Å². The molecule has 0 unspecified atom stereocenters. The summed E-state index contributed by atoms with van der Waals surface area (Å²) in [4.78, 5) is 13.5. The maximum Gasteiger partial charge on any atom is 0.573 e. The second kappa shape index (κ2) is 5.96. The number of alkyl halides is 7. The monoisotopic (exact) mass is 337 g/mol. The summed E-state index contributed by atoms with van der Waals surface area (Å²) in [6.07, 6.45) is -11.0. The van der Waals surface area contributed by atoms with E-state index in [0.717, 1.165) is 0 Å². The van der Waals surface area contributed by atoms with E-state index in [-0.39, 0.29) is 0 Å². The topological polar surface area (TPSA) is 59.4 Å². The SMILES string of the molecule is O=C(O)Cc1cnc(C(F)(F)F)c(CCl)c1OC(F)(F)F. The van der Waals surface area contributed by atoms with Crippen LogP contribution in [-0.2, 0) is 23.3 Å². The maximum atomic E-state index is 12.7. The Bertz CT molecular complexity index is 543. The van der Waals surface area contributed by atoms with E-state index < -0.39 is 53.4 Å². The van der Waals surface area contributed by atoms with Crippen molar-refractivity contribution in [1.82, 2.24) is 4.98 Å². The number of hydrogen-bond acceptors (Lipinski definition) is 3. The fourth-order valence-electron chi connectivity index (χ4n) is 1.48. The Morgan fingerprint density at radius 3 is 2.24 bits per heavy atom. The minimum atomic E-state index is -5.31. The summed E-state index contributed by atoms with van der Waals surface area (Å²) in [6, 6.07) is 0. The van der Waals surface area contributed by atoms with E-state index in [1.165, 1.54) is 0 Å². The molecule has 0 amide bonds. The lowest BCUT2D eigenvalue weighted by atomic mass is 10.1. The number of carboxylic acid groups (broad SMARTS) is 1. The van der Waals surface area contributed by atoms with Crippen LogP contribution < -0.4 is 4.74 Å². The lowest BCUT2D eigenvalue weighted by Gasteiger charge is -2.18. The Morgan fingerprint density at radius 1 is 1.29 bits per heavy atom. The number of pyridine rings is 1. The van der Waals surface area contributed by atoms with Gasteiger partial charge in [0.25, 0.3) is 0 Å². The van der Waals surface area contributed by atoms with Gasteiger partial charge in [-0.15, -0.1) is 24.8 Å². The standard InChI is InChI=1S/C10H6ClF6NO3/c11-2-5-7(21-10(15,16)17)4(1-6(19)20)3-18-8(5)9(12,13)14/h3H,1-2H2,(H,19,20). The summed E-state index contributed by atoms with van der Waals surface area (Å²) in [5, 5.41) is 8.56. The quantitative estimate of drug-likeness (QED) is 0.676. The summed E-state index contributed by atoms with van der Waals surface area (Å²) in [5.74, 6) is -3.84. The Morgan fingerprint density at radius 2 is 1.86 bits per heavy atom. The van der Waals surface area contributed by atoms with E-state index in [2.05, 4.69) is 9.72 Å². The van der Waals surface area contributed by atoms with E-state index in [4.69, 9.17) is 16.7 Å². The number of nitrogens with zero attached hydrogens (tertiary/aromatic N) is 1. The van der Waals surface area contributed by atoms with Crippen molar-refractivity contribution in [2.24, 2.45) is 0 Å². The molecule has 1 N–H and O–H groups in total. The summed E-state index contributed by atoms with van der Waals surface area (Å²) >= 11 is 5.25. The van der Waals surface area contributed by atoms with Crippen LogP contribution in [-0.4, -0.2) is 22.4 Å². The van der Waals surface area contributed by atoms with Gasteiger partial charge in [-0.2, -0.15) is 13.2 Å². The van der Waals surface area contributed by atoms with Gasteiger partial charge in [-0.25, -0.2) is 0 Å². The first-order chi connectivity index (χ1) is 9.45. The molecule has 21 heavy (non-hydrogen) atoms. The average molecular weight is 338 g/mol. The van der Waals surface area contributed by atoms with Crippen LogP contribution in [0.1, 0.15) is 16.8 Å². The number of ether oxygens (including phenoxy) is 1. The molecule has 1 aromatic heterocycles. The molecule has 0 radical (unpaired) electrons. The first-order valence-corrected chi connectivity index (χ1v) is 5.60.